The molecule has 1 aliphatic rings. The number of aromatic nitrogens is 2. The van der Waals surface area contributed by atoms with Crippen LogP contribution in [0.25, 0.3) is 11.0 Å². The van der Waals surface area contributed by atoms with Crippen molar-refractivity contribution in [1.82, 2.24) is 15.3 Å². The maximum absolute atomic E-state index is 12.9. The summed E-state index contributed by atoms with van der Waals surface area (Å²) in [6, 6.07) is 18.2. The summed E-state index contributed by atoms with van der Waals surface area (Å²) in [5.74, 6) is 0.0727. The van der Waals surface area contributed by atoms with Gasteiger partial charge >= 0.3 is 0 Å². The van der Waals surface area contributed by atoms with E-state index in [9.17, 15) is 4.79 Å². The first-order chi connectivity index (χ1) is 12.3. The predicted molar refractivity (Wildman–Crippen MR) is 102 cm³/mol. The summed E-state index contributed by atoms with van der Waals surface area (Å²) in [4.78, 5) is 20.9. The molecule has 2 aromatic carbocycles. The third-order valence-corrected chi connectivity index (χ3v) is 5.78. The average Bonchev–Trinajstić information content (AvgIpc) is 3.29. The van der Waals surface area contributed by atoms with Crippen LogP contribution in [0.3, 0.4) is 0 Å². The minimum absolute atomic E-state index is 0.0727. The number of amides is 1. The molecule has 0 bridgehead atoms. The summed E-state index contributed by atoms with van der Waals surface area (Å²) in [6.45, 7) is 0. The number of hydrogen-bond donors (Lipinski definition) is 2. The van der Waals surface area contributed by atoms with E-state index in [0.717, 1.165) is 34.6 Å². The summed E-state index contributed by atoms with van der Waals surface area (Å²) in [7, 11) is 0. The highest BCUT2D eigenvalue weighted by Gasteiger charge is 2.26. The van der Waals surface area contributed by atoms with Crippen LogP contribution in [0.5, 0.6) is 0 Å². The Bertz CT molecular complexity index is 823. The molecule has 0 radical (unpaired) electrons. The summed E-state index contributed by atoms with van der Waals surface area (Å²) in [5, 5.41) is 3.70. The summed E-state index contributed by atoms with van der Waals surface area (Å²) in [5.41, 5.74) is 2.92. The molecule has 1 aliphatic carbocycles. The van der Waals surface area contributed by atoms with E-state index in [0.29, 0.717) is 6.04 Å². The van der Waals surface area contributed by atoms with Gasteiger partial charge in [-0.15, -0.1) is 0 Å². The number of nitrogens with one attached hydrogen (secondary N) is 2. The second-order valence-electron chi connectivity index (χ2n) is 6.46. The quantitative estimate of drug-likeness (QED) is 0.668. The van der Waals surface area contributed by atoms with Crippen LogP contribution in [0.2, 0.25) is 0 Å². The van der Waals surface area contributed by atoms with Crippen molar-refractivity contribution >= 4 is 28.7 Å². The zero-order valence-corrected chi connectivity index (χ0v) is 14.8. The molecule has 1 unspecified atom stereocenters. The number of para-hydroxylation sites is 2. The van der Waals surface area contributed by atoms with Gasteiger partial charge in [0.2, 0.25) is 5.91 Å². The second-order valence-corrected chi connectivity index (χ2v) is 7.55. The number of nitrogens with zero attached hydrogens (tertiary/aromatic N) is 1. The van der Waals surface area contributed by atoms with E-state index < -0.39 is 0 Å². The van der Waals surface area contributed by atoms with Crippen LogP contribution in [0.1, 0.15) is 36.5 Å². The molecular formula is C20H21N3OS. The normalized spacial score (nSPS) is 16.2. The fourth-order valence-corrected chi connectivity index (χ4v) is 4.36. The lowest BCUT2D eigenvalue weighted by Crippen LogP contribution is -2.35. The van der Waals surface area contributed by atoms with Crippen LogP contribution < -0.4 is 5.32 Å². The molecular weight excluding hydrogens is 330 g/mol. The third kappa shape index (κ3) is 3.71. The topological polar surface area (TPSA) is 57.8 Å². The van der Waals surface area contributed by atoms with Crippen LogP contribution in [-0.2, 0) is 4.79 Å². The number of rotatable bonds is 5. The van der Waals surface area contributed by atoms with Crippen molar-refractivity contribution in [2.45, 2.75) is 42.1 Å². The van der Waals surface area contributed by atoms with Crippen LogP contribution in [0, 0.1) is 0 Å². The molecule has 0 spiro atoms. The summed E-state index contributed by atoms with van der Waals surface area (Å²) < 4.78 is 0. The molecule has 4 rings (SSSR count). The number of carbonyl (C=O) groups is 1. The van der Waals surface area contributed by atoms with Crippen molar-refractivity contribution in [3.63, 3.8) is 0 Å². The van der Waals surface area contributed by atoms with E-state index in [-0.39, 0.29) is 11.2 Å². The van der Waals surface area contributed by atoms with E-state index >= 15 is 0 Å². The van der Waals surface area contributed by atoms with Gasteiger partial charge in [0.15, 0.2) is 5.16 Å². The van der Waals surface area contributed by atoms with Gasteiger partial charge in [0.25, 0.3) is 0 Å². The maximum Gasteiger partial charge on any atom is 0.238 e. The molecule has 1 heterocycles. The molecule has 1 saturated carbocycles. The highest BCUT2D eigenvalue weighted by molar-refractivity contribution is 8.00. The minimum atomic E-state index is -0.303. The highest BCUT2D eigenvalue weighted by atomic mass is 32.2. The van der Waals surface area contributed by atoms with Gasteiger partial charge in [0, 0.05) is 6.04 Å². The first kappa shape index (κ1) is 16.2. The minimum Gasteiger partial charge on any atom is -0.352 e. The third-order valence-electron chi connectivity index (χ3n) is 4.64. The van der Waals surface area contributed by atoms with Crippen molar-refractivity contribution in [2.75, 3.05) is 0 Å². The van der Waals surface area contributed by atoms with E-state index in [1.165, 1.54) is 24.6 Å². The van der Waals surface area contributed by atoms with Gasteiger partial charge in [0.1, 0.15) is 5.25 Å². The number of aromatic amines is 1. The van der Waals surface area contributed by atoms with Crippen molar-refractivity contribution in [3.8, 4) is 0 Å². The number of imidazole rings is 1. The van der Waals surface area contributed by atoms with Gasteiger partial charge < -0.3 is 10.3 Å². The van der Waals surface area contributed by atoms with Gasteiger partial charge in [0.05, 0.1) is 11.0 Å². The Kier molecular flexibility index (Phi) is 4.74. The fraction of sp³-hybridized carbons (Fsp3) is 0.300. The molecule has 128 valence electrons. The maximum atomic E-state index is 12.9. The number of H-pyrrole nitrogens is 1. The average molecular weight is 351 g/mol. The Morgan fingerprint density at radius 1 is 1.08 bits per heavy atom. The molecule has 0 saturated heterocycles. The first-order valence-corrected chi connectivity index (χ1v) is 9.64. The predicted octanol–water partition coefficient (Wildman–Crippen LogP) is 4.46. The molecule has 5 heteroatoms. The van der Waals surface area contributed by atoms with Crippen molar-refractivity contribution in [3.05, 3.63) is 60.2 Å². The van der Waals surface area contributed by atoms with Crippen LogP contribution in [0.15, 0.2) is 59.8 Å². The smallest absolute Gasteiger partial charge is 0.238 e. The number of hydrogen-bond acceptors (Lipinski definition) is 3. The molecule has 1 atom stereocenters. The molecule has 4 nitrogen and oxygen atoms in total. The standard InChI is InChI=1S/C20H21N3OS/c24-19(21-15-10-4-5-11-15)18(14-8-2-1-3-9-14)25-20-22-16-12-6-7-13-17(16)23-20/h1-3,6-9,12-13,15,18H,4-5,10-11H2,(H,21,24)(H,22,23). The fourth-order valence-electron chi connectivity index (χ4n) is 3.34. The molecule has 0 aliphatic heterocycles. The van der Waals surface area contributed by atoms with Crippen LogP contribution in [0.4, 0.5) is 0 Å². The van der Waals surface area contributed by atoms with Gasteiger partial charge in [-0.3, -0.25) is 4.79 Å². The lowest BCUT2D eigenvalue weighted by Gasteiger charge is -2.19. The number of fused-ring (bicyclic) bond motifs is 1. The van der Waals surface area contributed by atoms with Crippen LogP contribution in [-0.4, -0.2) is 21.9 Å². The Morgan fingerprint density at radius 3 is 2.56 bits per heavy atom. The first-order valence-electron chi connectivity index (χ1n) is 8.76. The van der Waals surface area contributed by atoms with Gasteiger partial charge in [-0.05, 0) is 30.5 Å². The molecule has 3 aromatic rings. The van der Waals surface area contributed by atoms with Gasteiger partial charge in [-0.25, -0.2) is 4.98 Å². The highest BCUT2D eigenvalue weighted by Crippen LogP contribution is 2.35. The number of thioether (sulfide) groups is 1. The van der Waals surface area contributed by atoms with Crippen molar-refractivity contribution < 1.29 is 4.79 Å². The van der Waals surface area contributed by atoms with Crippen molar-refractivity contribution in [1.29, 1.82) is 0 Å². The molecule has 25 heavy (non-hydrogen) atoms. The van der Waals surface area contributed by atoms with E-state index in [4.69, 9.17) is 0 Å². The number of carbonyl (C=O) groups excluding carboxylic acids is 1. The summed E-state index contributed by atoms with van der Waals surface area (Å²) >= 11 is 1.48. The Balaban J connectivity index is 1.59. The lowest BCUT2D eigenvalue weighted by atomic mass is 10.1. The Labute approximate surface area is 151 Å². The molecule has 1 amide bonds. The van der Waals surface area contributed by atoms with Crippen molar-refractivity contribution in [2.24, 2.45) is 0 Å². The Morgan fingerprint density at radius 2 is 1.80 bits per heavy atom. The summed E-state index contributed by atoms with van der Waals surface area (Å²) in [6.07, 6.45) is 4.58. The zero-order chi connectivity index (χ0) is 17.1. The van der Waals surface area contributed by atoms with Gasteiger partial charge in [-0.2, -0.15) is 0 Å². The Hall–Kier alpha value is -2.27. The monoisotopic (exact) mass is 351 g/mol. The number of benzene rings is 2. The molecule has 1 fully saturated rings. The largest absolute Gasteiger partial charge is 0.352 e. The van der Waals surface area contributed by atoms with Gasteiger partial charge in [-0.1, -0.05) is 67.1 Å². The van der Waals surface area contributed by atoms with E-state index in [1.807, 2.05) is 54.6 Å². The lowest BCUT2D eigenvalue weighted by molar-refractivity contribution is -0.121. The molecule has 2 N–H and O–H groups in total. The zero-order valence-electron chi connectivity index (χ0n) is 13.9. The second kappa shape index (κ2) is 7.31. The SMILES string of the molecule is O=C(NC1CCCC1)C(Sc1nc2ccccc2[nH]1)c1ccccc1. The van der Waals surface area contributed by atoms with E-state index in [2.05, 4.69) is 15.3 Å². The van der Waals surface area contributed by atoms with E-state index in [1.54, 1.807) is 0 Å². The van der Waals surface area contributed by atoms with Crippen LogP contribution >= 0.6 is 11.8 Å². The molecule has 1 aromatic heterocycles.